The highest BCUT2D eigenvalue weighted by Crippen LogP contribution is 2.45. The summed E-state index contributed by atoms with van der Waals surface area (Å²) in [4.78, 5) is 26.6. The molecule has 4 aromatic rings. The van der Waals surface area contributed by atoms with Crippen LogP contribution in [0.3, 0.4) is 0 Å². The fourth-order valence-electron chi connectivity index (χ4n) is 5.78. The van der Waals surface area contributed by atoms with Gasteiger partial charge in [0.1, 0.15) is 6.54 Å². The van der Waals surface area contributed by atoms with E-state index in [1.807, 2.05) is 23.0 Å². The summed E-state index contributed by atoms with van der Waals surface area (Å²) in [6, 6.07) is 34.1. The molecule has 0 bridgehead atoms. The van der Waals surface area contributed by atoms with Gasteiger partial charge in [-0.1, -0.05) is 109 Å². The number of hydrogen-bond acceptors (Lipinski definition) is 5. The predicted octanol–water partition coefficient (Wildman–Crippen LogP) is 6.39. The fraction of sp³-hybridized carbons (Fsp3) is 0.235. The minimum atomic E-state index is -0.522. The smallest absolute Gasteiger partial charge is 0.325 e. The van der Waals surface area contributed by atoms with Gasteiger partial charge in [-0.05, 0) is 40.3 Å². The van der Waals surface area contributed by atoms with Crippen molar-refractivity contribution in [3.8, 4) is 0 Å². The molecule has 1 fully saturated rings. The lowest BCUT2D eigenvalue weighted by Gasteiger charge is -2.49. The molecule has 1 aliphatic rings. The molecule has 6 heteroatoms. The molecule has 0 amide bonds. The van der Waals surface area contributed by atoms with E-state index in [-0.39, 0.29) is 22.9 Å². The van der Waals surface area contributed by atoms with Crippen LogP contribution in [-0.2, 0) is 26.4 Å². The number of likely N-dealkylation sites (tertiary alicyclic amines) is 1. The number of piperidine rings is 1. The van der Waals surface area contributed by atoms with E-state index in [1.54, 1.807) is 6.92 Å². The minimum absolute atomic E-state index is 0.0812. The van der Waals surface area contributed by atoms with Crippen LogP contribution in [0.1, 0.15) is 35.6 Å². The van der Waals surface area contributed by atoms with Crippen LogP contribution in [0.25, 0.3) is 6.08 Å². The molecule has 1 aliphatic heterocycles. The topological polar surface area (TPSA) is 51.5 Å². The summed E-state index contributed by atoms with van der Waals surface area (Å²) in [7, 11) is 1.40. The van der Waals surface area contributed by atoms with Crippen LogP contribution in [-0.4, -0.2) is 46.0 Å². The second-order valence-electron chi connectivity index (χ2n) is 10.0. The summed E-state index contributed by atoms with van der Waals surface area (Å²) in [6.45, 7) is 3.32. The Morgan fingerprint density at radius 3 is 1.95 bits per heavy atom. The van der Waals surface area contributed by atoms with E-state index in [4.69, 9.17) is 4.74 Å². The number of methoxy groups -OCH3 is 1. The van der Waals surface area contributed by atoms with E-state index >= 15 is 0 Å². The average Bonchev–Trinajstić information content (AvgIpc) is 3.42. The molecule has 1 aromatic heterocycles. The predicted molar refractivity (Wildman–Crippen MR) is 162 cm³/mol. The van der Waals surface area contributed by atoms with Gasteiger partial charge < -0.3 is 9.30 Å². The molecule has 0 spiro atoms. The number of rotatable bonds is 8. The number of esters is 1. The van der Waals surface area contributed by atoms with Crippen molar-refractivity contribution in [1.29, 1.82) is 0 Å². The van der Waals surface area contributed by atoms with Crippen molar-refractivity contribution in [3.63, 3.8) is 0 Å². The van der Waals surface area contributed by atoms with Gasteiger partial charge in [-0.3, -0.25) is 14.5 Å². The number of benzene rings is 3. The molecule has 1 saturated heterocycles. The van der Waals surface area contributed by atoms with Gasteiger partial charge in [-0.25, -0.2) is 0 Å². The number of ether oxygens (including phenoxy) is 1. The number of carbonyl (C=O) groups is 2. The Kier molecular flexibility index (Phi) is 8.68. The van der Waals surface area contributed by atoms with Crippen molar-refractivity contribution >= 4 is 28.9 Å². The molecule has 40 heavy (non-hydrogen) atoms. The van der Waals surface area contributed by atoms with E-state index in [9.17, 15) is 9.59 Å². The fourth-order valence-corrected chi connectivity index (χ4v) is 6.69. The van der Waals surface area contributed by atoms with E-state index in [2.05, 4.69) is 102 Å². The van der Waals surface area contributed by atoms with Gasteiger partial charge in [0, 0.05) is 37.7 Å². The van der Waals surface area contributed by atoms with Gasteiger partial charge in [0.15, 0.2) is 5.12 Å². The molecule has 1 atom stereocenters. The van der Waals surface area contributed by atoms with E-state index in [1.165, 1.54) is 41.1 Å². The van der Waals surface area contributed by atoms with E-state index in [0.29, 0.717) is 6.54 Å². The number of thioether (sulfide) groups is 1. The molecule has 5 nitrogen and oxygen atoms in total. The molecule has 0 radical (unpaired) electrons. The Bertz CT molecular complexity index is 1370. The standard InChI is InChI=1S/C34H34N2O3S/c1-26(37)40-32-19-21-36(24-28(32)22-27-18-20-35(23-27)25-33(38)39-2)34(29-12-6-3-7-13-29,30-14-8-4-9-15-30)31-16-10-5-11-17-31/h3-18,20,22-23,32H,19,21,24-25H2,1-2H3/b28-22-. The van der Waals surface area contributed by atoms with Crippen LogP contribution in [0.4, 0.5) is 0 Å². The lowest BCUT2D eigenvalue weighted by Crippen LogP contribution is -2.52. The lowest BCUT2D eigenvalue weighted by atomic mass is 9.74. The van der Waals surface area contributed by atoms with Gasteiger partial charge in [0.2, 0.25) is 0 Å². The quantitative estimate of drug-likeness (QED) is 0.188. The first kappa shape index (κ1) is 27.7. The van der Waals surface area contributed by atoms with Crippen molar-refractivity contribution in [2.75, 3.05) is 20.2 Å². The van der Waals surface area contributed by atoms with Crippen LogP contribution in [0.15, 0.2) is 115 Å². The van der Waals surface area contributed by atoms with Gasteiger partial charge in [-0.2, -0.15) is 0 Å². The number of hydrogen-bond donors (Lipinski definition) is 0. The molecule has 1 unspecified atom stereocenters. The molecule has 0 aliphatic carbocycles. The monoisotopic (exact) mass is 550 g/mol. The second-order valence-corrected chi connectivity index (χ2v) is 11.4. The Balaban J connectivity index is 1.63. The summed E-state index contributed by atoms with van der Waals surface area (Å²) in [6.07, 6.45) is 6.87. The highest BCUT2D eigenvalue weighted by Gasteiger charge is 2.44. The Labute approximate surface area is 240 Å². The average molecular weight is 551 g/mol. The third kappa shape index (κ3) is 5.83. The molecule has 0 saturated carbocycles. The first-order chi connectivity index (χ1) is 19.5. The van der Waals surface area contributed by atoms with Crippen molar-refractivity contribution in [1.82, 2.24) is 9.47 Å². The molecule has 3 aromatic carbocycles. The van der Waals surface area contributed by atoms with Crippen LogP contribution < -0.4 is 0 Å². The molecule has 2 heterocycles. The number of carbonyl (C=O) groups excluding carboxylic acids is 2. The van der Waals surface area contributed by atoms with Gasteiger partial charge in [0.25, 0.3) is 0 Å². The summed E-state index contributed by atoms with van der Waals surface area (Å²) in [5, 5.41) is 0.200. The zero-order valence-electron chi connectivity index (χ0n) is 22.9. The highest BCUT2D eigenvalue weighted by atomic mass is 32.2. The zero-order chi connectivity index (χ0) is 28.0. The van der Waals surface area contributed by atoms with E-state index < -0.39 is 5.54 Å². The Morgan fingerprint density at radius 1 is 0.900 bits per heavy atom. The van der Waals surface area contributed by atoms with Crippen LogP contribution >= 0.6 is 11.8 Å². The summed E-state index contributed by atoms with van der Waals surface area (Å²) < 4.78 is 6.66. The summed E-state index contributed by atoms with van der Waals surface area (Å²) >= 11 is 1.41. The molecule has 0 N–H and O–H groups in total. The van der Waals surface area contributed by atoms with E-state index in [0.717, 1.165) is 18.5 Å². The van der Waals surface area contributed by atoms with Crippen molar-refractivity contribution in [3.05, 3.63) is 137 Å². The lowest BCUT2D eigenvalue weighted by molar-refractivity contribution is -0.141. The Hall–Kier alpha value is -3.87. The van der Waals surface area contributed by atoms with Crippen LogP contribution in [0.2, 0.25) is 0 Å². The molecule has 204 valence electrons. The summed E-state index contributed by atoms with van der Waals surface area (Å²) in [5.41, 5.74) is 5.27. The Morgan fingerprint density at radius 2 is 1.45 bits per heavy atom. The van der Waals surface area contributed by atoms with Crippen LogP contribution in [0, 0.1) is 0 Å². The zero-order valence-corrected chi connectivity index (χ0v) is 23.7. The maximum atomic E-state index is 12.3. The normalized spacial score (nSPS) is 17.1. The van der Waals surface area contributed by atoms with Gasteiger partial charge in [-0.15, -0.1) is 0 Å². The van der Waals surface area contributed by atoms with Crippen molar-refractivity contribution < 1.29 is 14.3 Å². The maximum absolute atomic E-state index is 12.3. The maximum Gasteiger partial charge on any atom is 0.325 e. The SMILES string of the molecule is COC(=O)Cn1ccc(/C=C2/CN(C(c3ccccc3)(c3ccccc3)c3ccccc3)CCC2SC(C)=O)c1. The molecule has 5 rings (SSSR count). The first-order valence-electron chi connectivity index (χ1n) is 13.5. The third-order valence-electron chi connectivity index (χ3n) is 7.47. The largest absolute Gasteiger partial charge is 0.468 e. The van der Waals surface area contributed by atoms with Crippen molar-refractivity contribution in [2.24, 2.45) is 0 Å². The third-order valence-corrected chi connectivity index (χ3v) is 8.63. The van der Waals surface area contributed by atoms with Crippen molar-refractivity contribution in [2.45, 2.75) is 30.7 Å². The second kappa shape index (κ2) is 12.5. The van der Waals surface area contributed by atoms with Crippen LogP contribution in [0.5, 0.6) is 0 Å². The van der Waals surface area contributed by atoms with Gasteiger partial charge in [0.05, 0.1) is 12.6 Å². The first-order valence-corrected chi connectivity index (χ1v) is 14.4. The number of nitrogens with zero attached hydrogens (tertiary/aromatic N) is 2. The molecular formula is C34H34N2O3S. The highest BCUT2D eigenvalue weighted by molar-refractivity contribution is 8.14. The number of aromatic nitrogens is 1. The summed E-state index contributed by atoms with van der Waals surface area (Å²) in [5.74, 6) is -0.290. The minimum Gasteiger partial charge on any atom is -0.468 e. The van der Waals surface area contributed by atoms with Gasteiger partial charge >= 0.3 is 5.97 Å². The molecular weight excluding hydrogens is 516 g/mol.